The summed E-state index contributed by atoms with van der Waals surface area (Å²) in [7, 11) is 0. The van der Waals surface area contributed by atoms with Crippen LogP contribution in [-0.2, 0) is 23.7 Å². The number of hydrogen-bond donors (Lipinski definition) is 9. The molecule has 2 aliphatic heterocycles. The second kappa shape index (κ2) is 36.8. The summed E-state index contributed by atoms with van der Waals surface area (Å²) >= 11 is 0. The van der Waals surface area contributed by atoms with Crippen molar-refractivity contribution in [3.05, 3.63) is 12.2 Å². The average Bonchev–Trinajstić information content (AvgIpc) is 3.28. The summed E-state index contributed by atoms with van der Waals surface area (Å²) in [4.78, 5) is 13.1. The number of unbranched alkanes of at least 4 members (excludes halogenated alkanes) is 26. The van der Waals surface area contributed by atoms with Crippen molar-refractivity contribution in [2.75, 3.05) is 19.8 Å². The van der Waals surface area contributed by atoms with Crippen LogP contribution in [0.15, 0.2) is 12.2 Å². The van der Waals surface area contributed by atoms with Crippen molar-refractivity contribution < 1.29 is 64.6 Å². The lowest BCUT2D eigenvalue weighted by atomic mass is 9.97. The predicted octanol–water partition coefficient (Wildman–Crippen LogP) is 6.38. The number of carbonyl (C=O) groups excluding carboxylic acids is 1. The van der Waals surface area contributed by atoms with E-state index in [0.717, 1.165) is 38.5 Å². The van der Waals surface area contributed by atoms with Gasteiger partial charge in [0.2, 0.25) is 5.91 Å². The number of nitrogens with one attached hydrogen (secondary N) is 1. The molecule has 2 rings (SSSR count). The number of amides is 1. The fourth-order valence-electron chi connectivity index (χ4n) is 8.53. The van der Waals surface area contributed by atoms with E-state index in [4.69, 9.17) is 18.9 Å². The highest BCUT2D eigenvalue weighted by Gasteiger charge is 2.51. The average molecular weight is 904 g/mol. The molecule has 9 N–H and O–H groups in total. The van der Waals surface area contributed by atoms with Gasteiger partial charge in [-0.3, -0.25) is 4.79 Å². The lowest BCUT2D eigenvalue weighted by molar-refractivity contribution is -0.359. The molecule has 372 valence electrons. The van der Waals surface area contributed by atoms with E-state index in [-0.39, 0.29) is 18.9 Å². The van der Waals surface area contributed by atoms with E-state index in [1.165, 1.54) is 135 Å². The Morgan fingerprint density at radius 2 is 0.984 bits per heavy atom. The van der Waals surface area contributed by atoms with E-state index in [1.807, 2.05) is 6.08 Å². The highest BCUT2D eigenvalue weighted by molar-refractivity contribution is 5.76. The molecule has 0 bridgehead atoms. The zero-order valence-electron chi connectivity index (χ0n) is 39.3. The summed E-state index contributed by atoms with van der Waals surface area (Å²) < 4.78 is 22.7. The first-order valence-electron chi connectivity index (χ1n) is 25.4. The first-order chi connectivity index (χ1) is 30.6. The minimum atomic E-state index is -1.78. The summed E-state index contributed by atoms with van der Waals surface area (Å²) in [6.07, 6.45) is 21.0. The van der Waals surface area contributed by atoms with Crippen molar-refractivity contribution in [2.45, 2.75) is 274 Å². The summed E-state index contributed by atoms with van der Waals surface area (Å²) in [6.45, 7) is 2.79. The molecule has 0 saturated carbocycles. The van der Waals surface area contributed by atoms with Crippen LogP contribution >= 0.6 is 0 Å². The quantitative estimate of drug-likeness (QED) is 0.0241. The second-order valence-electron chi connectivity index (χ2n) is 18.3. The summed E-state index contributed by atoms with van der Waals surface area (Å²) in [5.74, 6) is -0.238. The lowest BCUT2D eigenvalue weighted by Gasteiger charge is -2.46. The molecule has 2 heterocycles. The largest absolute Gasteiger partial charge is 0.394 e. The Morgan fingerprint density at radius 3 is 1.46 bits per heavy atom. The Labute approximate surface area is 380 Å². The molecule has 14 heteroatoms. The molecule has 2 saturated heterocycles. The summed E-state index contributed by atoms with van der Waals surface area (Å²) in [5, 5.41) is 86.7. The Hall–Kier alpha value is -1.27. The van der Waals surface area contributed by atoms with Crippen LogP contribution < -0.4 is 5.32 Å². The monoisotopic (exact) mass is 904 g/mol. The molecule has 1 amide bonds. The van der Waals surface area contributed by atoms with Gasteiger partial charge >= 0.3 is 0 Å². The van der Waals surface area contributed by atoms with Crippen molar-refractivity contribution in [3.63, 3.8) is 0 Å². The standard InChI is InChI=1S/C49H93NO13/c1-3-5-7-9-11-13-15-17-19-20-22-24-26-28-30-32-38(53)37(50-41(54)33-31-29-27-25-23-21-18-16-14-12-10-8-6-4-2)36-60-48-46(59)44(57)47(40(35-52)62-48)63-49-45(58)43(56)42(55)39(34-51)61-49/h30,32,37-40,42-49,51-53,55-59H,3-29,31,33-36H2,1-2H3,(H,50,54)/b32-30+. The number of rotatable bonds is 39. The van der Waals surface area contributed by atoms with Crippen molar-refractivity contribution in [3.8, 4) is 0 Å². The van der Waals surface area contributed by atoms with Crippen LogP contribution in [0.5, 0.6) is 0 Å². The third-order valence-corrected chi connectivity index (χ3v) is 12.7. The molecule has 2 fully saturated rings. The van der Waals surface area contributed by atoms with Gasteiger partial charge in [0.25, 0.3) is 0 Å². The highest BCUT2D eigenvalue weighted by Crippen LogP contribution is 2.30. The molecule has 2 aliphatic rings. The van der Waals surface area contributed by atoms with Crippen LogP contribution in [0.4, 0.5) is 0 Å². The minimum absolute atomic E-state index is 0.238. The maximum atomic E-state index is 13.1. The Balaban J connectivity index is 1.86. The molecule has 0 aromatic carbocycles. The molecule has 12 atom stereocenters. The second-order valence-corrected chi connectivity index (χ2v) is 18.3. The van der Waals surface area contributed by atoms with E-state index in [1.54, 1.807) is 6.08 Å². The van der Waals surface area contributed by atoms with E-state index >= 15 is 0 Å². The van der Waals surface area contributed by atoms with Gasteiger partial charge in [0.05, 0.1) is 32.0 Å². The Bertz CT molecular complexity index is 1120. The summed E-state index contributed by atoms with van der Waals surface area (Å²) in [5.41, 5.74) is 0. The van der Waals surface area contributed by atoms with Crippen molar-refractivity contribution in [1.82, 2.24) is 5.32 Å². The van der Waals surface area contributed by atoms with Crippen molar-refractivity contribution in [2.24, 2.45) is 0 Å². The molecule has 0 radical (unpaired) electrons. The summed E-state index contributed by atoms with van der Waals surface area (Å²) in [6, 6.07) is -0.907. The van der Waals surface area contributed by atoms with E-state index in [2.05, 4.69) is 19.2 Å². The number of ether oxygens (including phenoxy) is 4. The molecule has 63 heavy (non-hydrogen) atoms. The molecular formula is C49H93NO13. The zero-order chi connectivity index (χ0) is 46.1. The number of aliphatic hydroxyl groups is 8. The molecule has 0 aromatic rings. The normalized spacial score (nSPS) is 27.5. The number of aliphatic hydroxyl groups excluding tert-OH is 8. The van der Waals surface area contributed by atoms with E-state index < -0.39 is 86.8 Å². The number of carbonyl (C=O) groups is 1. The molecule has 0 aliphatic carbocycles. The first-order valence-corrected chi connectivity index (χ1v) is 25.4. The lowest BCUT2D eigenvalue weighted by Crippen LogP contribution is -2.65. The fraction of sp³-hybridized carbons (Fsp3) is 0.939. The van der Waals surface area contributed by atoms with E-state index in [0.29, 0.717) is 6.42 Å². The van der Waals surface area contributed by atoms with Gasteiger partial charge in [-0.1, -0.05) is 187 Å². The van der Waals surface area contributed by atoms with Gasteiger partial charge in [-0.2, -0.15) is 0 Å². The predicted molar refractivity (Wildman–Crippen MR) is 245 cm³/mol. The molecule has 12 unspecified atom stereocenters. The highest BCUT2D eigenvalue weighted by atomic mass is 16.7. The van der Waals surface area contributed by atoms with Crippen LogP contribution in [-0.4, -0.2) is 140 Å². The van der Waals surface area contributed by atoms with Gasteiger partial charge < -0.3 is 65.1 Å². The topological polar surface area (TPSA) is 228 Å². The maximum absolute atomic E-state index is 13.1. The maximum Gasteiger partial charge on any atom is 0.220 e. The van der Waals surface area contributed by atoms with E-state index in [9.17, 15) is 45.6 Å². The SMILES string of the molecule is CCCCCCCCCCCCCCC/C=C/C(O)C(COC1OC(CO)C(OC2OC(CO)C(O)C(O)C2O)C(O)C1O)NC(=O)CCCCCCCCCCCCCCCC. The zero-order valence-corrected chi connectivity index (χ0v) is 39.3. The Kier molecular flexibility index (Phi) is 33.8. The Morgan fingerprint density at radius 1 is 0.556 bits per heavy atom. The van der Waals surface area contributed by atoms with Crippen molar-refractivity contribution >= 4 is 5.91 Å². The molecule has 14 nitrogen and oxygen atoms in total. The third-order valence-electron chi connectivity index (χ3n) is 12.7. The van der Waals surface area contributed by atoms with Crippen LogP contribution in [0, 0.1) is 0 Å². The van der Waals surface area contributed by atoms with Crippen LogP contribution in [0.2, 0.25) is 0 Å². The smallest absolute Gasteiger partial charge is 0.220 e. The van der Waals surface area contributed by atoms with Crippen LogP contribution in [0.3, 0.4) is 0 Å². The van der Waals surface area contributed by atoms with Crippen LogP contribution in [0.25, 0.3) is 0 Å². The van der Waals surface area contributed by atoms with Gasteiger partial charge in [-0.15, -0.1) is 0 Å². The first kappa shape index (κ1) is 57.9. The van der Waals surface area contributed by atoms with Gasteiger partial charge in [-0.05, 0) is 19.3 Å². The number of hydrogen-bond acceptors (Lipinski definition) is 13. The molecular weight excluding hydrogens is 811 g/mol. The molecule has 0 spiro atoms. The van der Waals surface area contributed by atoms with Gasteiger partial charge in [0.1, 0.15) is 48.8 Å². The number of allylic oxidation sites excluding steroid dienone is 1. The fourth-order valence-corrected chi connectivity index (χ4v) is 8.53. The third kappa shape index (κ3) is 24.4. The van der Waals surface area contributed by atoms with Crippen LogP contribution in [0.1, 0.15) is 200 Å². The minimum Gasteiger partial charge on any atom is -0.394 e. The molecule has 0 aromatic heterocycles. The van der Waals surface area contributed by atoms with Crippen molar-refractivity contribution in [1.29, 1.82) is 0 Å². The van der Waals surface area contributed by atoms with Gasteiger partial charge in [0, 0.05) is 6.42 Å². The van der Waals surface area contributed by atoms with Gasteiger partial charge in [-0.25, -0.2) is 0 Å². The van der Waals surface area contributed by atoms with Gasteiger partial charge in [0.15, 0.2) is 12.6 Å².